The molecule has 2 heterocycles. The van der Waals surface area contributed by atoms with Gasteiger partial charge in [0, 0.05) is 11.3 Å². The highest BCUT2D eigenvalue weighted by Gasteiger charge is 2.60. The average Bonchev–Trinajstić information content (AvgIpc) is 2.87. The Bertz CT molecular complexity index is 837. The lowest BCUT2D eigenvalue weighted by Gasteiger charge is -2.59. The summed E-state index contributed by atoms with van der Waals surface area (Å²) in [5.74, 6) is -0.578. The van der Waals surface area contributed by atoms with E-state index in [1.165, 1.54) is 0 Å². The Morgan fingerprint density at radius 2 is 1.61 bits per heavy atom. The smallest absolute Gasteiger partial charge is 0.187 e. The molecule has 0 radical (unpaired) electrons. The first-order chi connectivity index (χ1) is 17.8. The summed E-state index contributed by atoms with van der Waals surface area (Å²) in [5, 5.41) is 82.8. The van der Waals surface area contributed by atoms with Gasteiger partial charge in [0.15, 0.2) is 12.6 Å². The first-order valence-electron chi connectivity index (χ1n) is 13.4. The van der Waals surface area contributed by atoms with Crippen LogP contribution in [0.15, 0.2) is 11.6 Å². The number of aliphatic hydroxyl groups is 8. The fraction of sp³-hybridized carbons (Fsp3) is 0.923. The molecule has 0 bridgehead atoms. The van der Waals surface area contributed by atoms with E-state index in [0.717, 1.165) is 5.57 Å². The van der Waals surface area contributed by atoms with Crippen LogP contribution in [-0.4, -0.2) is 128 Å². The molecule has 0 unspecified atom stereocenters. The van der Waals surface area contributed by atoms with Crippen LogP contribution >= 0.6 is 0 Å². The van der Waals surface area contributed by atoms with Gasteiger partial charge in [-0.15, -0.1) is 0 Å². The third-order valence-electron chi connectivity index (χ3n) is 9.22. The Kier molecular flexibility index (Phi) is 9.25. The summed E-state index contributed by atoms with van der Waals surface area (Å²) in [6.45, 7) is 6.99. The normalized spacial score (nSPS) is 52.0. The van der Waals surface area contributed by atoms with Crippen LogP contribution in [0.2, 0.25) is 0 Å². The van der Waals surface area contributed by atoms with Crippen molar-refractivity contribution >= 4 is 0 Å². The Morgan fingerprint density at radius 3 is 2.24 bits per heavy atom. The van der Waals surface area contributed by atoms with E-state index in [1.54, 1.807) is 0 Å². The molecule has 0 amide bonds. The van der Waals surface area contributed by atoms with Crippen molar-refractivity contribution in [2.24, 2.45) is 23.2 Å². The molecule has 38 heavy (non-hydrogen) atoms. The number of fused-ring (bicyclic) bond motifs is 1. The maximum absolute atomic E-state index is 11.6. The van der Waals surface area contributed by atoms with Gasteiger partial charge in [-0.3, -0.25) is 0 Å². The molecule has 2 aliphatic carbocycles. The second-order valence-corrected chi connectivity index (χ2v) is 11.9. The van der Waals surface area contributed by atoms with Crippen LogP contribution in [0.5, 0.6) is 0 Å². The van der Waals surface area contributed by atoms with Gasteiger partial charge in [0.05, 0.1) is 31.5 Å². The fourth-order valence-electron chi connectivity index (χ4n) is 6.72. The molecule has 0 aromatic rings. The maximum atomic E-state index is 11.6. The van der Waals surface area contributed by atoms with Crippen molar-refractivity contribution in [3.63, 3.8) is 0 Å². The minimum atomic E-state index is -1.59. The predicted octanol–water partition coefficient (Wildman–Crippen LogP) is -1.99. The Balaban J connectivity index is 1.65. The van der Waals surface area contributed by atoms with Gasteiger partial charge in [-0.25, -0.2) is 0 Å². The lowest BCUT2D eigenvalue weighted by Crippen LogP contribution is -2.65. The highest BCUT2D eigenvalue weighted by atomic mass is 16.7. The molecular weight excluding hydrogens is 504 g/mol. The summed E-state index contributed by atoms with van der Waals surface area (Å²) in [4.78, 5) is 0. The summed E-state index contributed by atoms with van der Waals surface area (Å²) in [7, 11) is 0. The van der Waals surface area contributed by atoms with Crippen LogP contribution in [-0.2, 0) is 18.9 Å². The van der Waals surface area contributed by atoms with Crippen molar-refractivity contribution in [1.82, 2.24) is 0 Å². The van der Waals surface area contributed by atoms with E-state index in [2.05, 4.69) is 0 Å². The summed E-state index contributed by atoms with van der Waals surface area (Å²) < 4.78 is 23.7. The molecule has 15 atom stereocenters. The van der Waals surface area contributed by atoms with Crippen molar-refractivity contribution in [3.05, 3.63) is 11.6 Å². The van der Waals surface area contributed by atoms with Gasteiger partial charge in [-0.2, -0.15) is 0 Å². The van der Waals surface area contributed by atoms with Gasteiger partial charge in [0.2, 0.25) is 0 Å². The third-order valence-corrected chi connectivity index (χ3v) is 9.22. The summed E-state index contributed by atoms with van der Waals surface area (Å²) in [6.07, 6.45) is -12.0. The van der Waals surface area contributed by atoms with Crippen LogP contribution in [0.25, 0.3) is 0 Å². The van der Waals surface area contributed by atoms with Crippen molar-refractivity contribution < 1.29 is 59.8 Å². The van der Waals surface area contributed by atoms with Gasteiger partial charge in [0.25, 0.3) is 0 Å². The van der Waals surface area contributed by atoms with Crippen LogP contribution in [0.1, 0.15) is 40.5 Å². The Hall–Kier alpha value is -0.740. The van der Waals surface area contributed by atoms with E-state index >= 15 is 0 Å². The van der Waals surface area contributed by atoms with E-state index in [9.17, 15) is 40.9 Å². The zero-order valence-electron chi connectivity index (χ0n) is 22.3. The van der Waals surface area contributed by atoms with Gasteiger partial charge >= 0.3 is 0 Å². The van der Waals surface area contributed by atoms with E-state index in [0.29, 0.717) is 12.8 Å². The van der Waals surface area contributed by atoms with Gasteiger partial charge in [0.1, 0.15) is 42.7 Å². The lowest BCUT2D eigenvalue weighted by molar-refractivity contribution is -0.338. The minimum absolute atomic E-state index is 0.0540. The van der Waals surface area contributed by atoms with Crippen molar-refractivity contribution in [3.8, 4) is 0 Å². The SMILES string of the molecule is CC1=CC[C@H](O[C@@H]2OC[C@@H](O)[C@H](O)[C@H]2O)[C@@]2(C)[C@@H](O)C[C@@H](C(C)C)[C@@H](O[C@@H]3O[C@H](CO)[C@@H](O)[C@H](O)[C@H]3O)[C@H]12. The molecule has 2 aliphatic heterocycles. The second kappa shape index (κ2) is 11.6. The Labute approximate surface area is 222 Å². The van der Waals surface area contributed by atoms with Crippen LogP contribution in [0, 0.1) is 23.2 Å². The van der Waals surface area contributed by atoms with Crippen molar-refractivity contribution in [2.45, 2.75) is 114 Å². The second-order valence-electron chi connectivity index (χ2n) is 11.9. The van der Waals surface area contributed by atoms with Crippen LogP contribution < -0.4 is 0 Å². The Morgan fingerprint density at radius 1 is 0.947 bits per heavy atom. The number of hydrogen-bond donors (Lipinski definition) is 8. The molecule has 3 fully saturated rings. The first-order valence-corrected chi connectivity index (χ1v) is 13.4. The fourth-order valence-corrected chi connectivity index (χ4v) is 6.72. The number of hydrogen-bond acceptors (Lipinski definition) is 12. The first kappa shape index (κ1) is 30.2. The van der Waals surface area contributed by atoms with E-state index < -0.39 is 91.6 Å². The maximum Gasteiger partial charge on any atom is 0.187 e. The summed E-state index contributed by atoms with van der Waals surface area (Å²) in [5.41, 5.74) is -0.0282. The molecule has 0 spiro atoms. The molecule has 8 N–H and O–H groups in total. The monoisotopic (exact) mass is 548 g/mol. The molecular formula is C26H44O12. The highest BCUT2D eigenvalue weighted by Crippen LogP contribution is 2.56. The highest BCUT2D eigenvalue weighted by molar-refractivity contribution is 5.23. The van der Waals surface area contributed by atoms with Gasteiger partial charge in [-0.1, -0.05) is 32.4 Å². The van der Waals surface area contributed by atoms with Crippen LogP contribution in [0.4, 0.5) is 0 Å². The molecule has 12 nitrogen and oxygen atoms in total. The summed E-state index contributed by atoms with van der Waals surface area (Å²) in [6, 6.07) is 0. The molecule has 0 aromatic carbocycles. The van der Waals surface area contributed by atoms with E-state index in [4.69, 9.17) is 18.9 Å². The topological polar surface area (TPSA) is 199 Å². The predicted molar refractivity (Wildman–Crippen MR) is 130 cm³/mol. The van der Waals surface area contributed by atoms with Gasteiger partial charge < -0.3 is 59.8 Å². The summed E-state index contributed by atoms with van der Waals surface area (Å²) >= 11 is 0. The molecule has 4 rings (SSSR count). The molecule has 4 aliphatic rings. The quantitative estimate of drug-likeness (QED) is 0.170. The molecule has 1 saturated carbocycles. The number of ether oxygens (including phenoxy) is 4. The molecule has 220 valence electrons. The number of aliphatic hydroxyl groups excluding tert-OH is 8. The largest absolute Gasteiger partial charge is 0.394 e. The lowest BCUT2D eigenvalue weighted by atomic mass is 9.53. The standard InChI is InChI=1S/C26H44O12/c1-10(2)12-7-15(29)26(4)16(37-24-21(33)18(30)13(28)9-35-24)6-5-11(3)17(26)23(12)38-25-22(34)20(32)19(31)14(8-27)36-25/h5,10,12-25,27-34H,6-9H2,1-4H3/t12-,13+,14+,15-,16-,17-,18-,19+,20-,21+,22+,23+,24-,25-,26+/m0/s1. The molecule has 2 saturated heterocycles. The van der Waals surface area contributed by atoms with E-state index in [-0.39, 0.29) is 18.4 Å². The van der Waals surface area contributed by atoms with E-state index in [1.807, 2.05) is 33.8 Å². The zero-order valence-corrected chi connectivity index (χ0v) is 22.3. The average molecular weight is 549 g/mol. The van der Waals surface area contributed by atoms with Crippen LogP contribution in [0.3, 0.4) is 0 Å². The molecule has 0 aromatic heterocycles. The van der Waals surface area contributed by atoms with Crippen molar-refractivity contribution in [2.75, 3.05) is 13.2 Å². The molecule has 12 heteroatoms. The van der Waals surface area contributed by atoms with Crippen molar-refractivity contribution in [1.29, 1.82) is 0 Å². The zero-order chi connectivity index (χ0) is 28.1. The number of rotatable bonds is 6. The third kappa shape index (κ3) is 5.19. The van der Waals surface area contributed by atoms with Gasteiger partial charge in [-0.05, 0) is 31.6 Å². The minimum Gasteiger partial charge on any atom is -0.394 e.